The van der Waals surface area contributed by atoms with E-state index in [9.17, 15) is 9.18 Å². The number of carbonyl (C=O) groups is 1. The molecule has 0 fully saturated rings. The summed E-state index contributed by atoms with van der Waals surface area (Å²) < 4.78 is 23.8. The molecule has 1 aliphatic heterocycles. The number of hydrogen-bond donors (Lipinski definition) is 0. The number of ketones is 1. The van der Waals surface area contributed by atoms with Gasteiger partial charge >= 0.3 is 0 Å². The Balaban J connectivity index is 0.000000771. The first-order chi connectivity index (χ1) is 8.69. The van der Waals surface area contributed by atoms with Crippen molar-refractivity contribution in [3.05, 3.63) is 17.4 Å². The molecule has 0 radical (unpaired) electrons. The van der Waals surface area contributed by atoms with Crippen molar-refractivity contribution >= 4 is 17.7 Å². The fraction of sp³-hybridized carbons (Fsp3) is 0.385. The van der Waals surface area contributed by atoms with E-state index in [0.29, 0.717) is 0 Å². The number of hydrogen-bond acceptors (Lipinski definition) is 4. The zero-order valence-electron chi connectivity index (χ0n) is 10.9. The summed E-state index contributed by atoms with van der Waals surface area (Å²) in [5.74, 6) is -0.848. The molecule has 0 saturated carbocycles. The summed E-state index contributed by atoms with van der Waals surface area (Å²) >= 11 is 0. The molecule has 1 aromatic carbocycles. The van der Waals surface area contributed by atoms with Gasteiger partial charge in [-0.2, -0.15) is 0 Å². The average molecular weight is 253 g/mol. The molecule has 0 unspecified atom stereocenters. The lowest BCUT2D eigenvalue weighted by Gasteiger charge is -2.15. The third kappa shape index (κ3) is 2.34. The van der Waals surface area contributed by atoms with Gasteiger partial charge in [-0.3, -0.25) is 9.79 Å². The summed E-state index contributed by atoms with van der Waals surface area (Å²) in [7, 11) is 2.72. The van der Waals surface area contributed by atoms with Crippen molar-refractivity contribution in [2.75, 3.05) is 14.2 Å². The van der Waals surface area contributed by atoms with Gasteiger partial charge in [0.2, 0.25) is 0 Å². The van der Waals surface area contributed by atoms with E-state index in [0.717, 1.165) is 0 Å². The maximum atomic E-state index is 14.0. The lowest BCUT2D eigenvalue weighted by atomic mass is 10.0. The molecule has 1 aromatic rings. The van der Waals surface area contributed by atoms with Gasteiger partial charge in [-0.25, -0.2) is 4.39 Å². The van der Waals surface area contributed by atoms with E-state index in [1.54, 1.807) is 0 Å². The SMILES string of the molecule is CC.COc1cc2c(c(F)c1OC)C(=O)CC=N2. The minimum absolute atomic E-state index is 0.0276. The number of rotatable bonds is 2. The zero-order chi connectivity index (χ0) is 13.7. The molecule has 0 aliphatic carbocycles. The molecule has 0 amide bonds. The molecule has 18 heavy (non-hydrogen) atoms. The fourth-order valence-corrected chi connectivity index (χ4v) is 1.63. The zero-order valence-corrected chi connectivity index (χ0v) is 10.9. The van der Waals surface area contributed by atoms with Crippen molar-refractivity contribution in [2.45, 2.75) is 20.3 Å². The smallest absolute Gasteiger partial charge is 0.197 e. The number of carbonyl (C=O) groups excluding carboxylic acids is 1. The van der Waals surface area contributed by atoms with Crippen LogP contribution >= 0.6 is 0 Å². The quantitative estimate of drug-likeness (QED) is 0.813. The first-order valence-corrected chi connectivity index (χ1v) is 5.69. The molecule has 2 rings (SSSR count). The highest BCUT2D eigenvalue weighted by molar-refractivity contribution is 6.10. The summed E-state index contributed by atoms with van der Waals surface area (Å²) in [4.78, 5) is 15.5. The van der Waals surface area contributed by atoms with Gasteiger partial charge in [0.05, 0.1) is 25.5 Å². The molecular formula is C13H16FNO3. The Morgan fingerprint density at radius 3 is 2.50 bits per heavy atom. The Kier molecular flexibility index (Phi) is 4.83. The van der Waals surface area contributed by atoms with Crippen molar-refractivity contribution in [1.82, 2.24) is 0 Å². The lowest BCUT2D eigenvalue weighted by molar-refractivity contribution is 0.0996. The molecule has 0 bridgehead atoms. The molecule has 4 nitrogen and oxygen atoms in total. The number of halogens is 1. The fourth-order valence-electron chi connectivity index (χ4n) is 1.63. The van der Waals surface area contributed by atoms with Gasteiger partial charge in [-0.15, -0.1) is 0 Å². The van der Waals surface area contributed by atoms with E-state index < -0.39 is 5.82 Å². The Morgan fingerprint density at radius 2 is 1.94 bits per heavy atom. The maximum Gasteiger partial charge on any atom is 0.197 e. The van der Waals surface area contributed by atoms with Crippen molar-refractivity contribution in [3.63, 3.8) is 0 Å². The van der Waals surface area contributed by atoms with Crippen molar-refractivity contribution in [1.29, 1.82) is 0 Å². The van der Waals surface area contributed by atoms with Gasteiger partial charge in [0, 0.05) is 18.7 Å². The molecule has 0 atom stereocenters. The first kappa shape index (κ1) is 14.2. The predicted molar refractivity (Wildman–Crippen MR) is 68.0 cm³/mol. The van der Waals surface area contributed by atoms with Crippen molar-refractivity contribution in [2.24, 2.45) is 4.99 Å². The van der Waals surface area contributed by atoms with Crippen LogP contribution < -0.4 is 9.47 Å². The molecule has 0 spiro atoms. The highest BCUT2D eigenvalue weighted by Gasteiger charge is 2.25. The van der Waals surface area contributed by atoms with Crippen molar-refractivity contribution in [3.8, 4) is 11.5 Å². The van der Waals surface area contributed by atoms with E-state index >= 15 is 0 Å². The van der Waals surface area contributed by atoms with Gasteiger partial charge in [0.25, 0.3) is 0 Å². The van der Waals surface area contributed by atoms with E-state index in [4.69, 9.17) is 9.47 Å². The van der Waals surface area contributed by atoms with Crippen LogP contribution in [0.2, 0.25) is 0 Å². The minimum Gasteiger partial charge on any atom is -0.493 e. The number of aliphatic imine (C=N–C) groups is 1. The number of Topliss-reactive ketones (excluding diaryl/α,β-unsaturated/α-hetero) is 1. The largest absolute Gasteiger partial charge is 0.493 e. The Hall–Kier alpha value is -1.91. The van der Waals surface area contributed by atoms with Gasteiger partial charge < -0.3 is 9.47 Å². The van der Waals surface area contributed by atoms with Crippen LogP contribution in [0.3, 0.4) is 0 Å². The lowest BCUT2D eigenvalue weighted by Crippen LogP contribution is -2.09. The molecule has 0 N–H and O–H groups in total. The molecule has 0 saturated heterocycles. The molecule has 5 heteroatoms. The second-order valence-corrected chi connectivity index (χ2v) is 3.26. The number of benzene rings is 1. The highest BCUT2D eigenvalue weighted by Crippen LogP contribution is 2.39. The summed E-state index contributed by atoms with van der Waals surface area (Å²) in [5.41, 5.74) is 0.256. The topological polar surface area (TPSA) is 47.9 Å². The Bertz CT molecular complexity index is 484. The van der Waals surface area contributed by atoms with Gasteiger partial charge in [0.15, 0.2) is 23.1 Å². The summed E-state index contributed by atoms with van der Waals surface area (Å²) in [6.07, 6.45) is 1.56. The number of methoxy groups -OCH3 is 2. The van der Waals surface area contributed by atoms with E-state index in [1.165, 1.54) is 26.5 Å². The van der Waals surface area contributed by atoms with E-state index in [2.05, 4.69) is 4.99 Å². The first-order valence-electron chi connectivity index (χ1n) is 5.69. The van der Waals surface area contributed by atoms with Gasteiger partial charge in [-0.1, -0.05) is 13.8 Å². The summed E-state index contributed by atoms with van der Waals surface area (Å²) in [6.45, 7) is 4.00. The van der Waals surface area contributed by atoms with Crippen LogP contribution in [-0.4, -0.2) is 26.2 Å². The monoisotopic (exact) mass is 253 g/mol. The Morgan fingerprint density at radius 1 is 1.28 bits per heavy atom. The van der Waals surface area contributed by atoms with Crippen molar-refractivity contribution < 1.29 is 18.7 Å². The number of nitrogens with zero attached hydrogens (tertiary/aromatic N) is 1. The Labute approximate surface area is 105 Å². The van der Waals surface area contributed by atoms with Crippen LogP contribution in [-0.2, 0) is 0 Å². The summed E-state index contributed by atoms with van der Waals surface area (Å²) in [5, 5.41) is 0. The van der Waals surface area contributed by atoms with Crippen LogP contribution in [0, 0.1) is 5.82 Å². The molecule has 98 valence electrons. The number of ether oxygens (including phenoxy) is 2. The molecule has 1 heterocycles. The second kappa shape index (κ2) is 6.14. The molecular weight excluding hydrogens is 237 g/mol. The van der Waals surface area contributed by atoms with Crippen LogP contribution in [0.15, 0.2) is 11.1 Å². The standard InChI is InChI=1S/C11H10FNO3.C2H6/c1-15-8-5-6-9(7(14)3-4-13-6)10(12)11(8)16-2;1-2/h4-5H,3H2,1-2H3;1-2H3. The van der Waals surface area contributed by atoms with E-state index in [-0.39, 0.29) is 35.0 Å². The van der Waals surface area contributed by atoms with E-state index in [1.807, 2.05) is 13.8 Å². The second-order valence-electron chi connectivity index (χ2n) is 3.26. The predicted octanol–water partition coefficient (Wildman–Crippen LogP) is 3.16. The molecule has 1 aliphatic rings. The average Bonchev–Trinajstić information content (AvgIpc) is 2.40. The van der Waals surface area contributed by atoms with Gasteiger partial charge in [-0.05, 0) is 0 Å². The van der Waals surface area contributed by atoms with Crippen LogP contribution in [0.4, 0.5) is 10.1 Å². The minimum atomic E-state index is -0.710. The van der Waals surface area contributed by atoms with Crippen LogP contribution in [0.5, 0.6) is 11.5 Å². The highest BCUT2D eigenvalue weighted by atomic mass is 19.1. The van der Waals surface area contributed by atoms with Crippen LogP contribution in [0.1, 0.15) is 30.6 Å². The van der Waals surface area contributed by atoms with Gasteiger partial charge in [0.1, 0.15) is 0 Å². The molecule has 0 aromatic heterocycles. The maximum absolute atomic E-state index is 14.0. The normalized spacial score (nSPS) is 12.4. The summed E-state index contributed by atoms with van der Waals surface area (Å²) in [6, 6.07) is 1.49. The number of fused-ring (bicyclic) bond motifs is 1. The van der Waals surface area contributed by atoms with Crippen LogP contribution in [0.25, 0.3) is 0 Å². The third-order valence-corrected chi connectivity index (χ3v) is 2.38. The third-order valence-electron chi connectivity index (χ3n) is 2.38.